The normalized spacial score (nSPS) is 18.2. The van der Waals surface area contributed by atoms with Gasteiger partial charge in [-0.25, -0.2) is 4.98 Å². The summed E-state index contributed by atoms with van der Waals surface area (Å²) in [6.45, 7) is 4.40. The second-order valence-electron chi connectivity index (χ2n) is 8.66. The number of amides is 1. The van der Waals surface area contributed by atoms with Crippen molar-refractivity contribution in [2.75, 3.05) is 46.7 Å². The van der Waals surface area contributed by atoms with E-state index in [0.717, 1.165) is 62.6 Å². The number of carbonyl (C=O) groups excluding carboxylic acids is 1. The SMILES string of the molecule is COc1cc(CN2CCC3(CCN(C(=O)c4cccnc4SC)CC3)C2)cc(OC)c1O. The highest BCUT2D eigenvalue weighted by atomic mass is 32.2. The Labute approximate surface area is 193 Å². The van der Waals surface area contributed by atoms with Crippen LogP contribution in [0.5, 0.6) is 17.2 Å². The number of carbonyl (C=O) groups is 1. The van der Waals surface area contributed by atoms with E-state index < -0.39 is 0 Å². The van der Waals surface area contributed by atoms with Crippen molar-refractivity contribution in [3.8, 4) is 17.2 Å². The van der Waals surface area contributed by atoms with E-state index in [1.165, 1.54) is 11.8 Å². The van der Waals surface area contributed by atoms with Crippen LogP contribution in [0.4, 0.5) is 0 Å². The molecule has 2 aliphatic rings. The van der Waals surface area contributed by atoms with Gasteiger partial charge in [0.2, 0.25) is 5.75 Å². The number of benzene rings is 1. The number of ether oxygens (including phenoxy) is 2. The van der Waals surface area contributed by atoms with Crippen molar-refractivity contribution in [3.05, 3.63) is 41.6 Å². The van der Waals surface area contributed by atoms with Gasteiger partial charge in [-0.15, -0.1) is 11.8 Å². The first kappa shape index (κ1) is 22.7. The van der Waals surface area contributed by atoms with E-state index in [0.29, 0.717) is 17.1 Å². The molecule has 0 aliphatic carbocycles. The minimum Gasteiger partial charge on any atom is -0.502 e. The standard InChI is InChI=1S/C24H31N3O4S/c1-30-19-13-17(14-20(31-2)21(19)28)15-26-10-6-24(16-26)7-11-27(12-8-24)23(29)18-5-4-9-25-22(18)32-3/h4-5,9,13-14,28H,6-8,10-12,15-16H2,1-3H3. The molecule has 0 unspecified atom stereocenters. The third-order valence-electron chi connectivity index (χ3n) is 6.77. The molecule has 2 aromatic rings. The van der Waals surface area contributed by atoms with E-state index in [1.807, 2.05) is 35.4 Å². The molecule has 1 aromatic carbocycles. The van der Waals surface area contributed by atoms with Crippen LogP contribution in [0.25, 0.3) is 0 Å². The van der Waals surface area contributed by atoms with Gasteiger partial charge in [-0.1, -0.05) is 0 Å². The van der Waals surface area contributed by atoms with Crippen LogP contribution in [0.1, 0.15) is 35.2 Å². The van der Waals surface area contributed by atoms with Crippen LogP contribution >= 0.6 is 11.8 Å². The van der Waals surface area contributed by atoms with Gasteiger partial charge >= 0.3 is 0 Å². The number of likely N-dealkylation sites (tertiary alicyclic amines) is 2. The van der Waals surface area contributed by atoms with Crippen LogP contribution in [0.2, 0.25) is 0 Å². The van der Waals surface area contributed by atoms with Crippen molar-refractivity contribution >= 4 is 17.7 Å². The highest BCUT2D eigenvalue weighted by Crippen LogP contribution is 2.42. The molecule has 1 aromatic heterocycles. The van der Waals surface area contributed by atoms with Gasteiger partial charge in [0.25, 0.3) is 5.91 Å². The number of rotatable bonds is 6. The van der Waals surface area contributed by atoms with Gasteiger partial charge in [0.1, 0.15) is 5.03 Å². The van der Waals surface area contributed by atoms with E-state index in [2.05, 4.69) is 9.88 Å². The molecule has 3 heterocycles. The average molecular weight is 458 g/mol. The monoisotopic (exact) mass is 457 g/mol. The molecule has 1 amide bonds. The van der Waals surface area contributed by atoms with Gasteiger partial charge in [0.05, 0.1) is 19.8 Å². The van der Waals surface area contributed by atoms with Crippen LogP contribution < -0.4 is 9.47 Å². The zero-order valence-electron chi connectivity index (χ0n) is 19.0. The smallest absolute Gasteiger partial charge is 0.256 e. The topological polar surface area (TPSA) is 75.1 Å². The number of hydrogen-bond donors (Lipinski definition) is 1. The number of hydrogen-bond acceptors (Lipinski definition) is 7. The lowest BCUT2D eigenvalue weighted by Gasteiger charge is -2.39. The molecule has 0 radical (unpaired) electrons. The molecule has 172 valence electrons. The second-order valence-corrected chi connectivity index (χ2v) is 9.46. The molecule has 1 N–H and O–H groups in total. The molecule has 2 saturated heterocycles. The molecule has 0 atom stereocenters. The zero-order valence-corrected chi connectivity index (χ0v) is 19.8. The average Bonchev–Trinajstić information content (AvgIpc) is 3.21. The quantitative estimate of drug-likeness (QED) is 0.664. The lowest BCUT2D eigenvalue weighted by Crippen LogP contribution is -2.44. The number of nitrogens with zero attached hydrogens (tertiary/aromatic N) is 3. The summed E-state index contributed by atoms with van der Waals surface area (Å²) in [6, 6.07) is 7.46. The van der Waals surface area contributed by atoms with Crippen LogP contribution in [0.3, 0.4) is 0 Å². The molecule has 1 spiro atoms. The minimum atomic E-state index is 0.0342. The van der Waals surface area contributed by atoms with Gasteiger partial charge in [0, 0.05) is 32.4 Å². The van der Waals surface area contributed by atoms with E-state index >= 15 is 0 Å². The fourth-order valence-electron chi connectivity index (χ4n) is 4.94. The highest BCUT2D eigenvalue weighted by Gasteiger charge is 2.41. The fraction of sp³-hybridized carbons (Fsp3) is 0.500. The van der Waals surface area contributed by atoms with Gasteiger partial charge in [-0.3, -0.25) is 9.69 Å². The van der Waals surface area contributed by atoms with Crippen LogP contribution in [-0.4, -0.2) is 72.5 Å². The molecule has 2 aliphatic heterocycles. The van der Waals surface area contributed by atoms with E-state index in [1.54, 1.807) is 20.4 Å². The van der Waals surface area contributed by atoms with E-state index in [4.69, 9.17) is 9.47 Å². The Morgan fingerprint density at radius 3 is 2.44 bits per heavy atom. The highest BCUT2D eigenvalue weighted by molar-refractivity contribution is 7.98. The molecular weight excluding hydrogens is 426 g/mol. The summed E-state index contributed by atoms with van der Waals surface area (Å²) >= 11 is 1.51. The molecule has 4 rings (SSSR count). The van der Waals surface area contributed by atoms with Gasteiger partial charge in [-0.2, -0.15) is 0 Å². The number of aromatic nitrogens is 1. The predicted octanol–water partition coefficient (Wildman–Crippen LogP) is 3.65. The Kier molecular flexibility index (Phi) is 6.81. The van der Waals surface area contributed by atoms with Crippen molar-refractivity contribution in [3.63, 3.8) is 0 Å². The Balaban J connectivity index is 1.38. The molecule has 2 fully saturated rings. The van der Waals surface area contributed by atoms with Crippen molar-refractivity contribution in [1.29, 1.82) is 0 Å². The van der Waals surface area contributed by atoms with Crippen LogP contribution in [0.15, 0.2) is 35.5 Å². The Hall–Kier alpha value is -2.45. The number of piperidine rings is 1. The third kappa shape index (κ3) is 4.52. The van der Waals surface area contributed by atoms with E-state index in [9.17, 15) is 9.90 Å². The minimum absolute atomic E-state index is 0.0342. The molecule has 0 bridgehead atoms. The summed E-state index contributed by atoms with van der Waals surface area (Å²) in [6.07, 6.45) is 6.87. The summed E-state index contributed by atoms with van der Waals surface area (Å²) in [7, 11) is 3.09. The third-order valence-corrected chi connectivity index (χ3v) is 7.48. The molecule has 0 saturated carbocycles. The second kappa shape index (κ2) is 9.58. The Morgan fingerprint density at radius 2 is 1.81 bits per heavy atom. The maximum Gasteiger partial charge on any atom is 0.256 e. The number of thioether (sulfide) groups is 1. The lowest BCUT2D eigenvalue weighted by atomic mass is 9.77. The lowest BCUT2D eigenvalue weighted by molar-refractivity contribution is 0.0584. The Morgan fingerprint density at radius 1 is 1.16 bits per heavy atom. The largest absolute Gasteiger partial charge is 0.502 e. The predicted molar refractivity (Wildman–Crippen MR) is 125 cm³/mol. The zero-order chi connectivity index (χ0) is 22.7. The van der Waals surface area contributed by atoms with Crippen molar-refractivity contribution in [2.45, 2.75) is 30.8 Å². The fourth-order valence-corrected chi connectivity index (χ4v) is 5.48. The van der Waals surface area contributed by atoms with Crippen molar-refractivity contribution in [1.82, 2.24) is 14.8 Å². The summed E-state index contributed by atoms with van der Waals surface area (Å²) in [4.78, 5) is 21.8. The number of phenols is 1. The summed E-state index contributed by atoms with van der Waals surface area (Å²) in [5.74, 6) is 0.988. The first-order valence-electron chi connectivity index (χ1n) is 10.9. The van der Waals surface area contributed by atoms with Crippen LogP contribution in [-0.2, 0) is 6.54 Å². The Bertz CT molecular complexity index is 950. The van der Waals surface area contributed by atoms with Gasteiger partial charge in [0.15, 0.2) is 11.5 Å². The van der Waals surface area contributed by atoms with Crippen LogP contribution in [0, 0.1) is 5.41 Å². The molecule has 8 heteroatoms. The maximum absolute atomic E-state index is 13.1. The number of methoxy groups -OCH3 is 2. The molecular formula is C24H31N3O4S. The first-order valence-corrected chi connectivity index (χ1v) is 12.2. The maximum atomic E-state index is 13.1. The number of aromatic hydroxyl groups is 1. The number of phenolic OH excluding ortho intramolecular Hbond substituents is 1. The number of pyridine rings is 1. The molecule has 7 nitrogen and oxygen atoms in total. The van der Waals surface area contributed by atoms with Gasteiger partial charge < -0.3 is 19.5 Å². The summed E-state index contributed by atoms with van der Waals surface area (Å²) in [5, 5.41) is 11.0. The van der Waals surface area contributed by atoms with Crippen molar-refractivity contribution in [2.24, 2.45) is 5.41 Å². The van der Waals surface area contributed by atoms with Gasteiger partial charge in [-0.05, 0) is 67.3 Å². The first-order chi connectivity index (χ1) is 15.5. The van der Waals surface area contributed by atoms with Crippen molar-refractivity contribution < 1.29 is 19.4 Å². The summed E-state index contributed by atoms with van der Waals surface area (Å²) < 4.78 is 10.6. The summed E-state index contributed by atoms with van der Waals surface area (Å²) in [5.41, 5.74) is 2.03. The van der Waals surface area contributed by atoms with E-state index in [-0.39, 0.29) is 17.1 Å². The molecule has 32 heavy (non-hydrogen) atoms.